The molecule has 1 aromatic carbocycles. The lowest BCUT2D eigenvalue weighted by atomic mass is 10.1. The zero-order valence-electron chi connectivity index (χ0n) is 12.7. The second-order valence-corrected chi connectivity index (χ2v) is 5.69. The molecule has 0 spiro atoms. The summed E-state index contributed by atoms with van der Waals surface area (Å²) >= 11 is 0. The zero-order valence-corrected chi connectivity index (χ0v) is 12.7. The second-order valence-electron chi connectivity index (χ2n) is 5.69. The number of nitrogens with zero attached hydrogens (tertiary/aromatic N) is 2. The first-order valence-corrected chi connectivity index (χ1v) is 7.40. The third-order valence-electron chi connectivity index (χ3n) is 3.81. The van der Waals surface area contributed by atoms with Crippen LogP contribution in [0.25, 0.3) is 0 Å². The van der Waals surface area contributed by atoms with E-state index in [2.05, 4.69) is 22.3 Å². The molecule has 1 N–H and O–H groups in total. The van der Waals surface area contributed by atoms with Crippen molar-refractivity contribution in [2.45, 2.75) is 32.2 Å². The Morgan fingerprint density at radius 1 is 1.15 bits per heavy atom. The minimum absolute atomic E-state index is 0.168. The van der Waals surface area contributed by atoms with E-state index in [4.69, 9.17) is 0 Å². The maximum absolute atomic E-state index is 12.3. The standard InChI is InChI=1S/C16H25N3O/c1-13(16(20)19-11-5-4-6-12-19)17-14-7-9-15(10-8-14)18(2)3/h7-10,13,17H,4-6,11-12H2,1-3H3. The molecule has 0 bridgehead atoms. The predicted molar refractivity (Wildman–Crippen MR) is 84.3 cm³/mol. The molecule has 4 heteroatoms. The number of carbonyl (C=O) groups excluding carboxylic acids is 1. The number of anilines is 2. The molecule has 0 radical (unpaired) electrons. The van der Waals surface area contributed by atoms with E-state index in [1.165, 1.54) is 6.42 Å². The minimum atomic E-state index is -0.168. The average molecular weight is 275 g/mol. The van der Waals surface area contributed by atoms with Crippen molar-refractivity contribution < 1.29 is 4.79 Å². The Kier molecular flexibility index (Phi) is 4.88. The Morgan fingerprint density at radius 3 is 2.30 bits per heavy atom. The molecule has 1 aromatic rings. The summed E-state index contributed by atoms with van der Waals surface area (Å²) in [6.07, 6.45) is 3.52. The van der Waals surface area contributed by atoms with Gasteiger partial charge in [-0.25, -0.2) is 0 Å². The summed E-state index contributed by atoms with van der Waals surface area (Å²) in [5, 5.41) is 3.30. The van der Waals surface area contributed by atoms with Crippen LogP contribution in [0.5, 0.6) is 0 Å². The van der Waals surface area contributed by atoms with Gasteiger partial charge in [0.15, 0.2) is 0 Å². The zero-order chi connectivity index (χ0) is 14.5. The van der Waals surface area contributed by atoms with E-state index < -0.39 is 0 Å². The van der Waals surface area contributed by atoms with Crippen molar-refractivity contribution >= 4 is 17.3 Å². The summed E-state index contributed by atoms with van der Waals surface area (Å²) in [6.45, 7) is 3.76. The average Bonchev–Trinajstić information content (AvgIpc) is 2.48. The molecular weight excluding hydrogens is 250 g/mol. The Hall–Kier alpha value is -1.71. The highest BCUT2D eigenvalue weighted by atomic mass is 16.2. The maximum Gasteiger partial charge on any atom is 0.244 e. The lowest BCUT2D eigenvalue weighted by Gasteiger charge is -2.29. The van der Waals surface area contributed by atoms with Crippen molar-refractivity contribution in [3.8, 4) is 0 Å². The highest BCUT2D eigenvalue weighted by Crippen LogP contribution is 2.17. The van der Waals surface area contributed by atoms with Crippen LogP contribution in [-0.4, -0.2) is 44.0 Å². The lowest BCUT2D eigenvalue weighted by Crippen LogP contribution is -2.43. The van der Waals surface area contributed by atoms with Crippen molar-refractivity contribution in [1.82, 2.24) is 4.90 Å². The van der Waals surface area contributed by atoms with Gasteiger partial charge in [0.1, 0.15) is 6.04 Å². The predicted octanol–water partition coefficient (Wildman–Crippen LogP) is 2.57. The van der Waals surface area contributed by atoms with Gasteiger partial charge in [-0.1, -0.05) is 0 Å². The van der Waals surface area contributed by atoms with E-state index in [0.717, 1.165) is 37.3 Å². The molecule has 1 fully saturated rings. The van der Waals surface area contributed by atoms with Crippen molar-refractivity contribution in [3.05, 3.63) is 24.3 Å². The summed E-state index contributed by atoms with van der Waals surface area (Å²) in [5.74, 6) is 0.210. The van der Waals surface area contributed by atoms with Gasteiger partial charge in [-0.2, -0.15) is 0 Å². The van der Waals surface area contributed by atoms with Crippen LogP contribution in [-0.2, 0) is 4.79 Å². The summed E-state index contributed by atoms with van der Waals surface area (Å²) in [6, 6.07) is 7.99. The molecule has 1 aliphatic heterocycles. The van der Waals surface area contributed by atoms with Crippen LogP contribution in [0.4, 0.5) is 11.4 Å². The first-order chi connectivity index (χ1) is 9.58. The Labute approximate surface area is 121 Å². The third kappa shape index (κ3) is 3.65. The van der Waals surface area contributed by atoms with Crippen LogP contribution in [0.15, 0.2) is 24.3 Å². The summed E-state index contributed by atoms with van der Waals surface area (Å²) in [4.78, 5) is 16.4. The van der Waals surface area contributed by atoms with Gasteiger partial charge < -0.3 is 15.1 Å². The topological polar surface area (TPSA) is 35.6 Å². The van der Waals surface area contributed by atoms with Gasteiger partial charge in [0, 0.05) is 38.6 Å². The maximum atomic E-state index is 12.3. The van der Waals surface area contributed by atoms with Crippen molar-refractivity contribution in [1.29, 1.82) is 0 Å². The van der Waals surface area contributed by atoms with Crippen LogP contribution in [0.2, 0.25) is 0 Å². The molecular formula is C16H25N3O. The summed E-state index contributed by atoms with van der Waals surface area (Å²) < 4.78 is 0. The van der Waals surface area contributed by atoms with Crippen LogP contribution in [0.3, 0.4) is 0 Å². The van der Waals surface area contributed by atoms with E-state index in [9.17, 15) is 4.79 Å². The Morgan fingerprint density at radius 2 is 1.75 bits per heavy atom. The monoisotopic (exact) mass is 275 g/mol. The molecule has 20 heavy (non-hydrogen) atoms. The number of hydrogen-bond acceptors (Lipinski definition) is 3. The number of likely N-dealkylation sites (tertiary alicyclic amines) is 1. The number of nitrogens with one attached hydrogen (secondary N) is 1. The number of rotatable bonds is 4. The quantitative estimate of drug-likeness (QED) is 0.917. The summed E-state index contributed by atoms with van der Waals surface area (Å²) in [7, 11) is 4.04. The smallest absolute Gasteiger partial charge is 0.244 e. The van der Waals surface area contributed by atoms with E-state index >= 15 is 0 Å². The number of benzene rings is 1. The highest BCUT2D eigenvalue weighted by molar-refractivity contribution is 5.84. The van der Waals surface area contributed by atoms with Gasteiger partial charge in [0.2, 0.25) is 5.91 Å². The second kappa shape index (κ2) is 6.64. The fourth-order valence-electron chi connectivity index (χ4n) is 2.56. The number of hydrogen-bond donors (Lipinski definition) is 1. The van der Waals surface area contributed by atoms with E-state index in [1.807, 2.05) is 38.1 Å². The molecule has 1 atom stereocenters. The van der Waals surface area contributed by atoms with Gasteiger partial charge >= 0.3 is 0 Å². The van der Waals surface area contributed by atoms with E-state index in [1.54, 1.807) is 0 Å². The first-order valence-electron chi connectivity index (χ1n) is 7.40. The SMILES string of the molecule is CC(Nc1ccc(N(C)C)cc1)C(=O)N1CCCCC1. The Bertz CT molecular complexity index is 436. The lowest BCUT2D eigenvalue weighted by molar-refractivity contribution is -0.132. The molecule has 4 nitrogen and oxygen atoms in total. The molecule has 1 saturated heterocycles. The highest BCUT2D eigenvalue weighted by Gasteiger charge is 2.21. The molecule has 1 aliphatic rings. The minimum Gasteiger partial charge on any atom is -0.378 e. The van der Waals surface area contributed by atoms with Crippen LogP contribution < -0.4 is 10.2 Å². The molecule has 1 unspecified atom stereocenters. The molecule has 0 aromatic heterocycles. The van der Waals surface area contributed by atoms with Gasteiger partial charge in [-0.3, -0.25) is 4.79 Å². The van der Waals surface area contributed by atoms with E-state index in [-0.39, 0.29) is 11.9 Å². The molecule has 1 heterocycles. The molecule has 0 aliphatic carbocycles. The van der Waals surface area contributed by atoms with Crippen molar-refractivity contribution in [2.75, 3.05) is 37.4 Å². The fourth-order valence-corrected chi connectivity index (χ4v) is 2.56. The number of amides is 1. The molecule has 1 amide bonds. The van der Waals surface area contributed by atoms with Crippen LogP contribution in [0.1, 0.15) is 26.2 Å². The van der Waals surface area contributed by atoms with E-state index in [0.29, 0.717) is 0 Å². The normalized spacial score (nSPS) is 16.6. The Balaban J connectivity index is 1.92. The molecule has 110 valence electrons. The number of piperidine rings is 1. The van der Waals surface area contributed by atoms with Gasteiger partial charge in [0.25, 0.3) is 0 Å². The summed E-state index contributed by atoms with van der Waals surface area (Å²) in [5.41, 5.74) is 2.15. The van der Waals surface area contributed by atoms with Crippen molar-refractivity contribution in [2.24, 2.45) is 0 Å². The van der Waals surface area contributed by atoms with Gasteiger partial charge in [-0.15, -0.1) is 0 Å². The molecule has 0 saturated carbocycles. The van der Waals surface area contributed by atoms with Crippen LogP contribution in [0, 0.1) is 0 Å². The fraction of sp³-hybridized carbons (Fsp3) is 0.562. The van der Waals surface area contributed by atoms with Gasteiger partial charge in [0.05, 0.1) is 0 Å². The van der Waals surface area contributed by atoms with Crippen molar-refractivity contribution in [3.63, 3.8) is 0 Å². The largest absolute Gasteiger partial charge is 0.378 e. The first kappa shape index (κ1) is 14.7. The van der Waals surface area contributed by atoms with Crippen LogP contribution >= 0.6 is 0 Å². The van der Waals surface area contributed by atoms with Gasteiger partial charge in [-0.05, 0) is 50.5 Å². The third-order valence-corrected chi connectivity index (χ3v) is 3.81. The number of carbonyl (C=O) groups is 1. The molecule has 2 rings (SSSR count).